The van der Waals surface area contributed by atoms with E-state index in [1.165, 1.54) is 0 Å². The molecule has 1 aliphatic carbocycles. The second-order valence-electron chi connectivity index (χ2n) is 5.06. The van der Waals surface area contributed by atoms with E-state index >= 15 is 0 Å². The zero-order chi connectivity index (χ0) is 14.7. The number of furan rings is 1. The van der Waals surface area contributed by atoms with Crippen LogP contribution in [-0.2, 0) is 4.79 Å². The fraction of sp³-hybridized carbons (Fsp3) is 0.167. The van der Waals surface area contributed by atoms with Gasteiger partial charge in [-0.1, -0.05) is 29.8 Å². The summed E-state index contributed by atoms with van der Waals surface area (Å²) < 4.78 is 5.29. The average molecular weight is 299 g/mol. The average Bonchev–Trinajstić information content (AvgIpc) is 2.98. The van der Waals surface area contributed by atoms with Crippen molar-refractivity contribution < 1.29 is 9.21 Å². The van der Waals surface area contributed by atoms with E-state index in [4.69, 9.17) is 16.0 Å². The Hall–Kier alpha value is -2.06. The Morgan fingerprint density at radius 3 is 2.48 bits per heavy atom. The predicted octanol–water partition coefficient (Wildman–Crippen LogP) is 5.15. The standard InChI is InChI=1S/C18H15ClO2/c19-17-9-2-1-5-13(17)11-14-6-3-7-15(18(14)20)12-16-8-4-10-21-16/h1-2,4-5,8-12H,3,6-7H2/b14-11+,15-12+. The Kier molecular flexibility index (Phi) is 4.07. The lowest BCUT2D eigenvalue weighted by Crippen LogP contribution is -2.12. The van der Waals surface area contributed by atoms with Gasteiger partial charge in [0.05, 0.1) is 6.26 Å². The maximum absolute atomic E-state index is 12.5. The van der Waals surface area contributed by atoms with E-state index < -0.39 is 0 Å². The summed E-state index contributed by atoms with van der Waals surface area (Å²) in [5, 5.41) is 0.667. The van der Waals surface area contributed by atoms with Crippen LogP contribution in [0.2, 0.25) is 5.02 Å². The lowest BCUT2D eigenvalue weighted by Gasteiger charge is -2.16. The molecule has 3 heteroatoms. The molecule has 1 aliphatic rings. The minimum absolute atomic E-state index is 0.0950. The largest absolute Gasteiger partial charge is 0.465 e. The number of rotatable bonds is 2. The summed E-state index contributed by atoms with van der Waals surface area (Å²) in [7, 11) is 0. The minimum Gasteiger partial charge on any atom is -0.465 e. The Balaban J connectivity index is 1.91. The lowest BCUT2D eigenvalue weighted by molar-refractivity contribution is -0.112. The molecule has 1 fully saturated rings. The van der Waals surface area contributed by atoms with Crippen LogP contribution < -0.4 is 0 Å². The van der Waals surface area contributed by atoms with Gasteiger partial charge in [0.15, 0.2) is 5.78 Å². The third-order valence-corrected chi connectivity index (χ3v) is 3.91. The zero-order valence-corrected chi connectivity index (χ0v) is 12.3. The van der Waals surface area contributed by atoms with Crippen LogP contribution in [0.3, 0.4) is 0 Å². The van der Waals surface area contributed by atoms with Crippen molar-refractivity contribution in [2.75, 3.05) is 0 Å². The number of ketones is 1. The summed E-state index contributed by atoms with van der Waals surface area (Å²) in [4.78, 5) is 12.5. The van der Waals surface area contributed by atoms with Gasteiger partial charge in [-0.15, -0.1) is 0 Å². The number of carbonyl (C=O) groups is 1. The quantitative estimate of drug-likeness (QED) is 0.717. The first-order valence-corrected chi connectivity index (χ1v) is 7.36. The molecule has 1 heterocycles. The van der Waals surface area contributed by atoms with Crippen LogP contribution in [0.4, 0.5) is 0 Å². The predicted molar refractivity (Wildman–Crippen MR) is 85.0 cm³/mol. The number of Topliss-reactive ketones (excluding diaryl/α,β-unsaturated/α-hetero) is 1. The van der Waals surface area contributed by atoms with Gasteiger partial charge in [-0.25, -0.2) is 0 Å². The highest BCUT2D eigenvalue weighted by molar-refractivity contribution is 6.32. The first-order valence-electron chi connectivity index (χ1n) is 6.98. The fourth-order valence-corrected chi connectivity index (χ4v) is 2.69. The minimum atomic E-state index is 0.0950. The Morgan fingerprint density at radius 2 is 1.76 bits per heavy atom. The van der Waals surface area contributed by atoms with Crippen LogP contribution in [0.1, 0.15) is 30.6 Å². The van der Waals surface area contributed by atoms with E-state index in [1.807, 2.05) is 48.6 Å². The number of benzene rings is 1. The summed E-state index contributed by atoms with van der Waals surface area (Å²) in [5.74, 6) is 0.815. The van der Waals surface area contributed by atoms with E-state index in [1.54, 1.807) is 6.26 Å². The lowest BCUT2D eigenvalue weighted by atomic mass is 9.87. The molecule has 0 bridgehead atoms. The van der Waals surface area contributed by atoms with Crippen molar-refractivity contribution in [3.05, 3.63) is 70.2 Å². The van der Waals surface area contributed by atoms with Crippen molar-refractivity contribution in [3.8, 4) is 0 Å². The molecule has 106 valence electrons. The van der Waals surface area contributed by atoms with Gasteiger partial charge in [0, 0.05) is 16.2 Å². The second-order valence-corrected chi connectivity index (χ2v) is 5.47. The molecule has 0 amide bonds. The van der Waals surface area contributed by atoms with Crippen LogP contribution in [-0.4, -0.2) is 5.78 Å². The van der Waals surface area contributed by atoms with Crippen LogP contribution in [0.25, 0.3) is 12.2 Å². The van der Waals surface area contributed by atoms with Crippen molar-refractivity contribution in [1.82, 2.24) is 0 Å². The highest BCUT2D eigenvalue weighted by Crippen LogP contribution is 2.29. The molecule has 0 unspecified atom stereocenters. The molecule has 21 heavy (non-hydrogen) atoms. The molecule has 1 aromatic carbocycles. The fourth-order valence-electron chi connectivity index (χ4n) is 2.50. The van der Waals surface area contributed by atoms with E-state index in [9.17, 15) is 4.79 Å². The molecule has 0 N–H and O–H groups in total. The van der Waals surface area contributed by atoms with Gasteiger partial charge in [0.2, 0.25) is 0 Å². The molecular formula is C18H15ClO2. The molecular weight excluding hydrogens is 284 g/mol. The second kappa shape index (κ2) is 6.15. The number of halogens is 1. The number of hydrogen-bond donors (Lipinski definition) is 0. The van der Waals surface area contributed by atoms with Crippen molar-refractivity contribution in [2.45, 2.75) is 19.3 Å². The zero-order valence-electron chi connectivity index (χ0n) is 11.5. The summed E-state index contributed by atoms with van der Waals surface area (Å²) in [5.41, 5.74) is 2.50. The smallest absolute Gasteiger partial charge is 0.185 e. The maximum Gasteiger partial charge on any atom is 0.185 e. The third-order valence-electron chi connectivity index (χ3n) is 3.57. The Bertz CT molecular complexity index is 709. The van der Waals surface area contributed by atoms with E-state index in [0.717, 1.165) is 41.7 Å². The van der Waals surface area contributed by atoms with Crippen LogP contribution in [0, 0.1) is 0 Å². The molecule has 2 aromatic rings. The van der Waals surface area contributed by atoms with Crippen LogP contribution in [0.15, 0.2) is 58.2 Å². The Labute approximate surface area is 128 Å². The molecule has 0 aliphatic heterocycles. The van der Waals surface area contributed by atoms with Gasteiger partial charge in [0.25, 0.3) is 0 Å². The number of carbonyl (C=O) groups excluding carboxylic acids is 1. The summed E-state index contributed by atoms with van der Waals surface area (Å²) >= 11 is 6.16. The van der Waals surface area contributed by atoms with Gasteiger partial charge in [0.1, 0.15) is 5.76 Å². The molecule has 0 saturated heterocycles. The van der Waals surface area contributed by atoms with Crippen molar-refractivity contribution in [3.63, 3.8) is 0 Å². The third kappa shape index (κ3) is 3.17. The van der Waals surface area contributed by atoms with Gasteiger partial charge < -0.3 is 4.42 Å². The van der Waals surface area contributed by atoms with Gasteiger partial charge in [-0.05, 0) is 55.2 Å². The normalized spacial score (nSPS) is 19.4. The molecule has 0 atom stereocenters. The molecule has 1 aromatic heterocycles. The molecule has 3 rings (SSSR count). The molecule has 0 spiro atoms. The van der Waals surface area contributed by atoms with E-state index in [-0.39, 0.29) is 5.78 Å². The van der Waals surface area contributed by atoms with E-state index in [2.05, 4.69) is 0 Å². The maximum atomic E-state index is 12.5. The van der Waals surface area contributed by atoms with Gasteiger partial charge in [-0.3, -0.25) is 4.79 Å². The topological polar surface area (TPSA) is 30.2 Å². The van der Waals surface area contributed by atoms with Crippen LogP contribution >= 0.6 is 11.6 Å². The van der Waals surface area contributed by atoms with Gasteiger partial charge >= 0.3 is 0 Å². The number of allylic oxidation sites excluding steroid dienone is 2. The number of hydrogen-bond acceptors (Lipinski definition) is 2. The summed E-state index contributed by atoms with van der Waals surface area (Å²) in [6.07, 6.45) is 7.90. The van der Waals surface area contributed by atoms with E-state index in [0.29, 0.717) is 5.02 Å². The van der Waals surface area contributed by atoms with Crippen LogP contribution in [0.5, 0.6) is 0 Å². The summed E-state index contributed by atoms with van der Waals surface area (Å²) in [6, 6.07) is 11.2. The molecule has 2 nitrogen and oxygen atoms in total. The Morgan fingerprint density at radius 1 is 1.00 bits per heavy atom. The molecule has 1 saturated carbocycles. The molecule has 0 radical (unpaired) electrons. The van der Waals surface area contributed by atoms with Crippen molar-refractivity contribution in [2.24, 2.45) is 0 Å². The van der Waals surface area contributed by atoms with Crippen molar-refractivity contribution in [1.29, 1.82) is 0 Å². The SMILES string of the molecule is O=C1/C(=C/c2ccco2)CCC/C1=C\c1ccccc1Cl. The van der Waals surface area contributed by atoms with Crippen molar-refractivity contribution >= 4 is 29.5 Å². The summed E-state index contributed by atoms with van der Waals surface area (Å²) in [6.45, 7) is 0. The highest BCUT2D eigenvalue weighted by Gasteiger charge is 2.21. The first-order chi connectivity index (χ1) is 10.2. The first kappa shape index (κ1) is 13.9. The highest BCUT2D eigenvalue weighted by atomic mass is 35.5. The van der Waals surface area contributed by atoms with Gasteiger partial charge in [-0.2, -0.15) is 0 Å². The monoisotopic (exact) mass is 298 g/mol.